The van der Waals surface area contributed by atoms with Crippen LogP contribution in [0.3, 0.4) is 0 Å². The van der Waals surface area contributed by atoms with Gasteiger partial charge in [0.15, 0.2) is 5.79 Å². The van der Waals surface area contributed by atoms with Crippen molar-refractivity contribution in [3.63, 3.8) is 0 Å². The van der Waals surface area contributed by atoms with Crippen molar-refractivity contribution in [1.29, 1.82) is 0 Å². The Bertz CT molecular complexity index is 1090. The van der Waals surface area contributed by atoms with E-state index in [1.54, 1.807) is 19.9 Å². The Balaban J connectivity index is 1.81. The molecule has 0 spiro atoms. The van der Waals surface area contributed by atoms with Gasteiger partial charge in [0, 0.05) is 10.5 Å². The van der Waals surface area contributed by atoms with E-state index in [-0.39, 0.29) is 42.3 Å². The number of anilines is 2. The van der Waals surface area contributed by atoms with E-state index < -0.39 is 29.7 Å². The van der Waals surface area contributed by atoms with Crippen molar-refractivity contribution in [3.8, 4) is 0 Å². The van der Waals surface area contributed by atoms with Crippen LogP contribution in [0.2, 0.25) is 0 Å². The van der Waals surface area contributed by atoms with Crippen molar-refractivity contribution in [3.05, 3.63) is 56.2 Å². The smallest absolute Gasteiger partial charge is 0.278 e. The van der Waals surface area contributed by atoms with Crippen LogP contribution < -0.4 is 16.4 Å². The Hall–Kier alpha value is -2.31. The molecule has 1 amide bonds. The maximum absolute atomic E-state index is 14.4. The number of aliphatic hydroxyl groups is 1. The largest absolute Gasteiger partial charge is 0.394 e. The minimum absolute atomic E-state index is 0.0636. The molecule has 4 rings (SSSR count). The number of carbonyl (C=O) groups excluding carboxylic acids is 1. The fraction of sp³-hybridized carbons (Fsp3) is 0.400. The summed E-state index contributed by atoms with van der Waals surface area (Å²) >= 11 is 3.20. The minimum Gasteiger partial charge on any atom is -0.394 e. The molecule has 11 heteroatoms. The molecule has 1 aromatic heterocycles. The maximum atomic E-state index is 14.4. The number of benzene rings is 1. The van der Waals surface area contributed by atoms with Crippen molar-refractivity contribution >= 4 is 33.2 Å². The Kier molecular flexibility index (Phi) is 5.88. The van der Waals surface area contributed by atoms with Gasteiger partial charge in [-0.3, -0.25) is 14.4 Å². The lowest BCUT2D eigenvalue weighted by Gasteiger charge is -2.22. The van der Waals surface area contributed by atoms with Crippen molar-refractivity contribution < 1.29 is 28.6 Å². The SMILES string of the molecule is CC1(C)O[C@@H]2Cn3c(c(C(=O)NOCCO)c(Nc4ccc(Br)cc4F)cc3=O)[C@@H]2O1. The second kappa shape index (κ2) is 8.32. The van der Waals surface area contributed by atoms with Crippen LogP contribution in [-0.4, -0.2) is 40.7 Å². The van der Waals surface area contributed by atoms with Gasteiger partial charge in [0.25, 0.3) is 11.5 Å². The van der Waals surface area contributed by atoms with Gasteiger partial charge in [-0.05, 0) is 32.0 Å². The Morgan fingerprint density at radius 2 is 2.13 bits per heavy atom. The quantitative estimate of drug-likeness (QED) is 0.414. The highest BCUT2D eigenvalue weighted by molar-refractivity contribution is 9.10. The number of fused-ring (bicyclic) bond motifs is 3. The molecule has 2 atom stereocenters. The first-order chi connectivity index (χ1) is 14.7. The number of amides is 1. The van der Waals surface area contributed by atoms with Crippen LogP contribution in [0.4, 0.5) is 15.8 Å². The van der Waals surface area contributed by atoms with E-state index in [2.05, 4.69) is 26.7 Å². The van der Waals surface area contributed by atoms with Crippen LogP contribution in [0.25, 0.3) is 0 Å². The average molecular weight is 498 g/mol. The lowest BCUT2D eigenvalue weighted by atomic mass is 10.1. The number of carbonyl (C=O) groups is 1. The molecule has 3 N–H and O–H groups in total. The van der Waals surface area contributed by atoms with E-state index in [9.17, 15) is 14.0 Å². The highest BCUT2D eigenvalue weighted by Gasteiger charge is 2.49. The number of hydrogen-bond donors (Lipinski definition) is 3. The zero-order valence-electron chi connectivity index (χ0n) is 16.8. The van der Waals surface area contributed by atoms with Crippen LogP contribution in [0.15, 0.2) is 33.5 Å². The fourth-order valence-electron chi connectivity index (χ4n) is 3.82. The second-order valence-corrected chi connectivity index (χ2v) is 8.53. The number of aliphatic hydroxyl groups excluding tert-OH is 1. The molecule has 0 unspecified atom stereocenters. The lowest BCUT2D eigenvalue weighted by Crippen LogP contribution is -2.32. The number of hydroxylamine groups is 1. The molecule has 9 nitrogen and oxygen atoms in total. The molecule has 31 heavy (non-hydrogen) atoms. The van der Waals surface area contributed by atoms with Crippen LogP contribution in [0.1, 0.15) is 36.0 Å². The molecule has 0 saturated carbocycles. The van der Waals surface area contributed by atoms with Crippen LogP contribution in [0.5, 0.6) is 0 Å². The molecule has 0 aliphatic carbocycles. The molecule has 2 aliphatic heterocycles. The van der Waals surface area contributed by atoms with Gasteiger partial charge >= 0.3 is 0 Å². The zero-order chi connectivity index (χ0) is 22.3. The molecule has 1 saturated heterocycles. The van der Waals surface area contributed by atoms with E-state index in [1.807, 2.05) is 0 Å². The van der Waals surface area contributed by atoms with Gasteiger partial charge in [-0.2, -0.15) is 0 Å². The van der Waals surface area contributed by atoms with Gasteiger partial charge in [-0.15, -0.1) is 0 Å². The molecule has 3 heterocycles. The number of rotatable bonds is 6. The van der Waals surface area contributed by atoms with Crippen molar-refractivity contribution in [2.45, 2.75) is 38.4 Å². The van der Waals surface area contributed by atoms with E-state index in [0.717, 1.165) is 0 Å². The summed E-state index contributed by atoms with van der Waals surface area (Å²) < 4.78 is 28.2. The van der Waals surface area contributed by atoms with Gasteiger partial charge in [0.05, 0.1) is 42.4 Å². The summed E-state index contributed by atoms with van der Waals surface area (Å²) in [6.07, 6.45) is -1.12. The summed E-state index contributed by atoms with van der Waals surface area (Å²) in [5, 5.41) is 11.7. The fourth-order valence-corrected chi connectivity index (χ4v) is 4.15. The van der Waals surface area contributed by atoms with Crippen molar-refractivity contribution in [2.75, 3.05) is 18.5 Å². The molecule has 2 aliphatic rings. The Morgan fingerprint density at radius 1 is 1.35 bits per heavy atom. The number of pyridine rings is 1. The second-order valence-electron chi connectivity index (χ2n) is 7.61. The van der Waals surface area contributed by atoms with Crippen molar-refractivity contribution in [2.24, 2.45) is 0 Å². The van der Waals surface area contributed by atoms with Crippen LogP contribution in [0, 0.1) is 5.82 Å². The highest BCUT2D eigenvalue weighted by Crippen LogP contribution is 2.45. The first-order valence-electron chi connectivity index (χ1n) is 9.58. The number of hydrogen-bond acceptors (Lipinski definition) is 7. The molecule has 0 bridgehead atoms. The van der Waals surface area contributed by atoms with E-state index >= 15 is 0 Å². The first-order valence-corrected chi connectivity index (χ1v) is 10.4. The summed E-state index contributed by atoms with van der Waals surface area (Å²) in [4.78, 5) is 30.8. The maximum Gasteiger partial charge on any atom is 0.278 e. The molecular formula is C20H21BrFN3O6. The van der Waals surface area contributed by atoms with Gasteiger partial charge in [0.1, 0.15) is 18.0 Å². The Morgan fingerprint density at radius 3 is 2.84 bits per heavy atom. The van der Waals surface area contributed by atoms with Crippen molar-refractivity contribution in [1.82, 2.24) is 10.0 Å². The predicted molar refractivity (Wildman–Crippen MR) is 111 cm³/mol. The molecule has 166 valence electrons. The van der Waals surface area contributed by atoms with E-state index in [4.69, 9.17) is 19.4 Å². The standard InChI is InChI=1S/C20H21BrFN3O6/c1-20(2)30-14-9-25-15(27)8-13(23-12-4-3-10(21)7-11(12)22)16(17(25)18(14)31-20)19(28)24-29-6-5-26/h3-4,7-8,14,18,23,26H,5-6,9H2,1-2H3,(H,24,28)/t14-,18-/m1/s1. The number of halogens is 2. The molecule has 1 aromatic carbocycles. The van der Waals surface area contributed by atoms with E-state index in [1.165, 1.54) is 22.8 Å². The third-order valence-corrected chi connectivity index (χ3v) is 5.44. The first kappa shape index (κ1) is 21.9. The topological polar surface area (TPSA) is 111 Å². The summed E-state index contributed by atoms with van der Waals surface area (Å²) in [6.45, 7) is 3.29. The third-order valence-electron chi connectivity index (χ3n) is 4.95. The summed E-state index contributed by atoms with van der Waals surface area (Å²) in [5.74, 6) is -2.14. The number of aromatic nitrogens is 1. The van der Waals surface area contributed by atoms with Gasteiger partial charge in [-0.25, -0.2) is 9.87 Å². The minimum atomic E-state index is -0.890. The molecule has 2 aromatic rings. The summed E-state index contributed by atoms with van der Waals surface area (Å²) in [6, 6.07) is 5.59. The monoisotopic (exact) mass is 497 g/mol. The lowest BCUT2D eigenvalue weighted by molar-refractivity contribution is -0.151. The number of nitrogens with zero attached hydrogens (tertiary/aromatic N) is 1. The van der Waals surface area contributed by atoms with Gasteiger partial charge in [0.2, 0.25) is 0 Å². The molecule has 0 radical (unpaired) electrons. The number of nitrogens with one attached hydrogen (secondary N) is 2. The van der Waals surface area contributed by atoms with Crippen LogP contribution in [-0.2, 0) is 20.9 Å². The average Bonchev–Trinajstić information content (AvgIpc) is 3.17. The molecular weight excluding hydrogens is 477 g/mol. The predicted octanol–water partition coefficient (Wildman–Crippen LogP) is 2.35. The summed E-state index contributed by atoms with van der Waals surface area (Å²) in [7, 11) is 0. The normalized spacial score (nSPS) is 20.9. The summed E-state index contributed by atoms with van der Waals surface area (Å²) in [5.41, 5.74) is 2.41. The zero-order valence-corrected chi connectivity index (χ0v) is 18.4. The third kappa shape index (κ3) is 4.23. The highest BCUT2D eigenvalue weighted by atomic mass is 79.9. The van der Waals surface area contributed by atoms with Gasteiger partial charge in [-0.1, -0.05) is 15.9 Å². The Labute approximate surface area is 185 Å². The number of ether oxygens (including phenoxy) is 2. The van der Waals surface area contributed by atoms with Crippen LogP contribution >= 0.6 is 15.9 Å². The molecule has 1 fully saturated rings. The van der Waals surface area contributed by atoms with E-state index in [0.29, 0.717) is 10.2 Å². The van der Waals surface area contributed by atoms with Gasteiger partial charge < -0.3 is 24.5 Å².